The van der Waals surface area contributed by atoms with Gasteiger partial charge < -0.3 is 10.2 Å². The van der Waals surface area contributed by atoms with Crippen LogP contribution in [0.3, 0.4) is 0 Å². The minimum Gasteiger partial charge on any atom is -0.505 e. The number of hydrogen-bond acceptors (Lipinski definition) is 3. The smallest absolute Gasteiger partial charge is 0.317 e. The summed E-state index contributed by atoms with van der Waals surface area (Å²) in [5.74, 6) is 0.166. The van der Waals surface area contributed by atoms with Gasteiger partial charge >= 0.3 is 5.97 Å². The fourth-order valence-electron chi connectivity index (χ4n) is 1.40. The summed E-state index contributed by atoms with van der Waals surface area (Å²) in [5, 5.41) is 17.7. The zero-order chi connectivity index (χ0) is 12.8. The van der Waals surface area contributed by atoms with E-state index in [1.165, 1.54) is 17.0 Å². The van der Waals surface area contributed by atoms with E-state index in [0.717, 1.165) is 6.07 Å². The maximum Gasteiger partial charge on any atom is 0.317 e. The number of terminal acetylenes is 1. The summed E-state index contributed by atoms with van der Waals surface area (Å²) in [4.78, 5) is 12.1. The molecule has 5 heteroatoms. The molecule has 0 aromatic heterocycles. The fraction of sp³-hybridized carbons (Fsp3) is 0.250. The standard InChI is InChI=1S/C12H12FNO3/c1-2-5-14(8-12(16)17)7-9-3-4-11(15)10(13)6-9/h1,3-4,6,15H,5,7-8H2,(H,16,17). The lowest BCUT2D eigenvalue weighted by Gasteiger charge is -2.17. The zero-order valence-electron chi connectivity index (χ0n) is 9.06. The Kier molecular flexibility index (Phi) is 4.49. The number of nitrogens with zero attached hydrogens (tertiary/aromatic N) is 1. The summed E-state index contributed by atoms with van der Waals surface area (Å²) in [6, 6.07) is 3.89. The highest BCUT2D eigenvalue weighted by Crippen LogP contribution is 2.17. The number of halogens is 1. The quantitative estimate of drug-likeness (QED) is 0.751. The molecular weight excluding hydrogens is 225 g/mol. The molecule has 1 aromatic rings. The molecule has 0 aliphatic rings. The van der Waals surface area contributed by atoms with Crippen molar-refractivity contribution in [3.63, 3.8) is 0 Å². The number of phenols is 1. The molecule has 0 unspecified atom stereocenters. The van der Waals surface area contributed by atoms with E-state index in [1.807, 2.05) is 0 Å². The highest BCUT2D eigenvalue weighted by Gasteiger charge is 2.10. The predicted molar refractivity (Wildman–Crippen MR) is 59.8 cm³/mol. The van der Waals surface area contributed by atoms with E-state index in [-0.39, 0.29) is 19.6 Å². The van der Waals surface area contributed by atoms with Crippen molar-refractivity contribution in [2.45, 2.75) is 6.54 Å². The van der Waals surface area contributed by atoms with Gasteiger partial charge in [-0.25, -0.2) is 4.39 Å². The van der Waals surface area contributed by atoms with Gasteiger partial charge in [0.1, 0.15) is 0 Å². The first-order valence-corrected chi connectivity index (χ1v) is 4.88. The van der Waals surface area contributed by atoms with E-state index >= 15 is 0 Å². The summed E-state index contributed by atoms with van der Waals surface area (Å²) in [7, 11) is 0. The molecular formula is C12H12FNO3. The molecule has 0 spiro atoms. The molecule has 0 bridgehead atoms. The average molecular weight is 237 g/mol. The van der Waals surface area contributed by atoms with Gasteiger partial charge in [-0.1, -0.05) is 12.0 Å². The lowest BCUT2D eigenvalue weighted by atomic mass is 10.2. The third-order valence-corrected chi connectivity index (χ3v) is 2.09. The Morgan fingerprint density at radius 3 is 2.76 bits per heavy atom. The van der Waals surface area contributed by atoms with Gasteiger partial charge in [0.05, 0.1) is 13.1 Å². The van der Waals surface area contributed by atoms with Gasteiger partial charge in [-0.3, -0.25) is 9.69 Å². The number of hydrogen-bond donors (Lipinski definition) is 2. The van der Waals surface area contributed by atoms with Crippen LogP contribution in [0.2, 0.25) is 0 Å². The van der Waals surface area contributed by atoms with Crippen molar-refractivity contribution in [3.05, 3.63) is 29.6 Å². The molecule has 0 atom stereocenters. The fourth-order valence-corrected chi connectivity index (χ4v) is 1.40. The third-order valence-electron chi connectivity index (χ3n) is 2.09. The van der Waals surface area contributed by atoms with E-state index in [9.17, 15) is 9.18 Å². The molecule has 0 radical (unpaired) electrons. The number of phenolic OH excluding ortho intramolecular Hbond substituents is 1. The topological polar surface area (TPSA) is 60.8 Å². The molecule has 1 aromatic carbocycles. The lowest BCUT2D eigenvalue weighted by Crippen LogP contribution is -2.29. The molecule has 2 N–H and O–H groups in total. The monoisotopic (exact) mass is 237 g/mol. The summed E-state index contributed by atoms with van der Waals surface area (Å²) < 4.78 is 13.1. The normalized spacial score (nSPS) is 10.2. The minimum atomic E-state index is -1.00. The first kappa shape index (κ1) is 13.0. The average Bonchev–Trinajstić information content (AvgIpc) is 2.23. The first-order chi connectivity index (χ1) is 8.02. The Bertz CT molecular complexity index is 454. The molecule has 0 aliphatic carbocycles. The van der Waals surface area contributed by atoms with E-state index in [4.69, 9.17) is 16.6 Å². The van der Waals surface area contributed by atoms with Gasteiger partial charge in [0, 0.05) is 6.54 Å². The molecule has 0 heterocycles. The second-order valence-electron chi connectivity index (χ2n) is 3.53. The van der Waals surface area contributed by atoms with Crippen molar-refractivity contribution >= 4 is 5.97 Å². The van der Waals surface area contributed by atoms with E-state index < -0.39 is 17.5 Å². The van der Waals surface area contributed by atoms with Crippen molar-refractivity contribution < 1.29 is 19.4 Å². The molecule has 0 fully saturated rings. The summed E-state index contributed by atoms with van der Waals surface area (Å²) in [6.45, 7) is 0.162. The number of aliphatic carboxylic acids is 1. The lowest BCUT2D eigenvalue weighted by molar-refractivity contribution is -0.138. The maximum atomic E-state index is 13.1. The van der Waals surface area contributed by atoms with E-state index in [0.29, 0.717) is 5.56 Å². The van der Waals surface area contributed by atoms with Crippen molar-refractivity contribution in [2.75, 3.05) is 13.1 Å². The van der Waals surface area contributed by atoms with Crippen molar-refractivity contribution in [3.8, 4) is 18.1 Å². The summed E-state index contributed by atoms with van der Waals surface area (Å²) in [6.07, 6.45) is 5.11. The Morgan fingerprint density at radius 2 is 2.24 bits per heavy atom. The molecule has 0 amide bonds. The number of carboxylic acid groups (broad SMARTS) is 1. The Balaban J connectivity index is 2.75. The first-order valence-electron chi connectivity index (χ1n) is 4.88. The van der Waals surface area contributed by atoms with Crippen LogP contribution in [-0.4, -0.2) is 34.2 Å². The van der Waals surface area contributed by atoms with Gasteiger partial charge in [-0.15, -0.1) is 6.42 Å². The molecule has 0 aliphatic heterocycles. The molecule has 4 nitrogen and oxygen atoms in total. The number of carbonyl (C=O) groups is 1. The minimum absolute atomic E-state index is 0.162. The van der Waals surface area contributed by atoms with Crippen LogP contribution in [0.15, 0.2) is 18.2 Å². The SMILES string of the molecule is C#CCN(CC(=O)O)Cc1ccc(O)c(F)c1. The van der Waals surface area contributed by atoms with Crippen molar-refractivity contribution in [1.29, 1.82) is 0 Å². The van der Waals surface area contributed by atoms with Crippen LogP contribution in [0.5, 0.6) is 5.75 Å². The highest BCUT2D eigenvalue weighted by molar-refractivity contribution is 5.69. The Morgan fingerprint density at radius 1 is 1.53 bits per heavy atom. The van der Waals surface area contributed by atoms with E-state index in [1.54, 1.807) is 0 Å². The van der Waals surface area contributed by atoms with Crippen molar-refractivity contribution in [2.24, 2.45) is 0 Å². The molecule has 0 saturated heterocycles. The molecule has 1 rings (SSSR count). The van der Waals surface area contributed by atoms with E-state index in [2.05, 4.69) is 5.92 Å². The van der Waals surface area contributed by atoms with Gasteiger partial charge in [-0.2, -0.15) is 0 Å². The maximum absolute atomic E-state index is 13.1. The number of carboxylic acids is 1. The second-order valence-corrected chi connectivity index (χ2v) is 3.53. The largest absolute Gasteiger partial charge is 0.505 e. The van der Waals surface area contributed by atoms with Gasteiger partial charge in [0.2, 0.25) is 0 Å². The van der Waals surface area contributed by atoms with Gasteiger partial charge in [0.15, 0.2) is 11.6 Å². The molecule has 0 saturated carbocycles. The zero-order valence-corrected chi connectivity index (χ0v) is 9.06. The number of aromatic hydroxyl groups is 1. The third kappa shape index (κ3) is 4.13. The van der Waals surface area contributed by atoms with Crippen LogP contribution in [0.25, 0.3) is 0 Å². The number of rotatable bonds is 5. The van der Waals surface area contributed by atoms with Crippen LogP contribution in [0.1, 0.15) is 5.56 Å². The van der Waals surface area contributed by atoms with Crippen LogP contribution in [0.4, 0.5) is 4.39 Å². The van der Waals surface area contributed by atoms with Crippen molar-refractivity contribution in [1.82, 2.24) is 4.90 Å². The molecule has 17 heavy (non-hydrogen) atoms. The van der Waals surface area contributed by atoms with Crippen LogP contribution >= 0.6 is 0 Å². The van der Waals surface area contributed by atoms with Gasteiger partial charge in [-0.05, 0) is 17.7 Å². The summed E-state index contributed by atoms with van der Waals surface area (Å²) >= 11 is 0. The highest BCUT2D eigenvalue weighted by atomic mass is 19.1. The summed E-state index contributed by atoms with van der Waals surface area (Å²) in [5.41, 5.74) is 0.553. The van der Waals surface area contributed by atoms with Crippen LogP contribution in [0, 0.1) is 18.2 Å². The second kappa shape index (κ2) is 5.87. The predicted octanol–water partition coefficient (Wildman–Crippen LogP) is 1.05. The molecule has 90 valence electrons. The van der Waals surface area contributed by atoms with Crippen LogP contribution in [-0.2, 0) is 11.3 Å². The van der Waals surface area contributed by atoms with Gasteiger partial charge in [0.25, 0.3) is 0 Å². The van der Waals surface area contributed by atoms with Crippen LogP contribution < -0.4 is 0 Å². The number of benzene rings is 1. The Hall–Kier alpha value is -2.06. The Labute approximate surface area is 98.3 Å².